The molecule has 1 N–H and O–H groups in total. The Balaban J connectivity index is 1.64. The summed E-state index contributed by atoms with van der Waals surface area (Å²) in [7, 11) is 1.38. The number of nitrogens with zero attached hydrogens (tertiary/aromatic N) is 3. The predicted octanol–water partition coefficient (Wildman–Crippen LogP) is 5.92. The van der Waals surface area contributed by atoms with Gasteiger partial charge in [0, 0.05) is 24.1 Å². The second-order valence-corrected chi connectivity index (χ2v) is 10.1. The van der Waals surface area contributed by atoms with Crippen molar-refractivity contribution in [2.75, 3.05) is 12.0 Å². The number of carbonyl (C=O) groups excluding carboxylic acids is 1. The third-order valence-corrected chi connectivity index (χ3v) is 7.87. The largest absolute Gasteiger partial charge is 0.481 e. The molecule has 190 valence electrons. The van der Waals surface area contributed by atoms with Crippen molar-refractivity contribution in [1.82, 2.24) is 9.55 Å². The van der Waals surface area contributed by atoms with Gasteiger partial charge >= 0.3 is 12.1 Å². The Morgan fingerprint density at radius 3 is 2.61 bits per heavy atom. The molecule has 2 aromatic carbocycles. The van der Waals surface area contributed by atoms with Gasteiger partial charge in [0.25, 0.3) is 0 Å². The summed E-state index contributed by atoms with van der Waals surface area (Å²) in [4.78, 5) is 31.6. The number of ether oxygens (including phenoxy) is 1. The predicted molar refractivity (Wildman–Crippen MR) is 135 cm³/mol. The number of aromatic nitrogens is 2. The van der Waals surface area contributed by atoms with E-state index in [9.17, 15) is 19.1 Å². The molecule has 0 spiro atoms. The molecule has 8 heteroatoms. The summed E-state index contributed by atoms with van der Waals surface area (Å²) in [6.45, 7) is 3.67. The van der Waals surface area contributed by atoms with Crippen LogP contribution in [0.4, 0.5) is 14.9 Å². The van der Waals surface area contributed by atoms with E-state index in [1.54, 1.807) is 24.0 Å². The van der Waals surface area contributed by atoms with E-state index in [2.05, 4.69) is 4.57 Å². The van der Waals surface area contributed by atoms with Gasteiger partial charge in [-0.25, -0.2) is 14.2 Å². The van der Waals surface area contributed by atoms with Crippen molar-refractivity contribution in [3.8, 4) is 0 Å². The number of imidazole rings is 1. The minimum absolute atomic E-state index is 0.00612. The van der Waals surface area contributed by atoms with Gasteiger partial charge in [-0.05, 0) is 68.9 Å². The normalized spacial score (nSPS) is 18.9. The zero-order valence-electron chi connectivity index (χ0n) is 21.0. The highest BCUT2D eigenvalue weighted by Gasteiger charge is 2.33. The Morgan fingerprint density at radius 1 is 1.19 bits per heavy atom. The first-order valence-corrected chi connectivity index (χ1v) is 12.7. The number of aryl methyl sites for hydroxylation is 2. The molecule has 1 aliphatic carbocycles. The Hall–Kier alpha value is -3.42. The molecule has 36 heavy (non-hydrogen) atoms. The lowest BCUT2D eigenvalue weighted by Gasteiger charge is -2.34. The van der Waals surface area contributed by atoms with Crippen molar-refractivity contribution >= 4 is 28.8 Å². The van der Waals surface area contributed by atoms with Gasteiger partial charge in [0.1, 0.15) is 11.6 Å². The van der Waals surface area contributed by atoms with Crippen molar-refractivity contribution in [2.45, 2.75) is 76.8 Å². The number of aliphatic carboxylic acids is 1. The maximum Gasteiger partial charge on any atom is 0.414 e. The van der Waals surface area contributed by atoms with Crippen LogP contribution in [0.1, 0.15) is 73.5 Å². The van der Waals surface area contributed by atoms with Crippen LogP contribution in [-0.4, -0.2) is 39.9 Å². The number of fused-ring (bicyclic) bond motifs is 3. The van der Waals surface area contributed by atoms with Crippen molar-refractivity contribution < 1.29 is 23.8 Å². The molecule has 1 amide bonds. The van der Waals surface area contributed by atoms with E-state index >= 15 is 0 Å². The van der Waals surface area contributed by atoms with Gasteiger partial charge in [0.15, 0.2) is 0 Å². The van der Waals surface area contributed by atoms with Gasteiger partial charge in [0.2, 0.25) is 0 Å². The number of rotatable bonds is 5. The molecule has 0 radical (unpaired) electrons. The van der Waals surface area contributed by atoms with Crippen LogP contribution in [0.5, 0.6) is 0 Å². The molecule has 5 rings (SSSR count). The van der Waals surface area contributed by atoms with E-state index in [-0.39, 0.29) is 18.5 Å². The average Bonchev–Trinajstić information content (AvgIpc) is 3.51. The van der Waals surface area contributed by atoms with Crippen LogP contribution in [0.15, 0.2) is 30.3 Å². The van der Waals surface area contributed by atoms with Gasteiger partial charge in [-0.3, -0.25) is 9.69 Å². The zero-order valence-corrected chi connectivity index (χ0v) is 21.0. The number of carbonyl (C=O) groups is 2. The first-order valence-electron chi connectivity index (χ1n) is 12.7. The molecule has 1 saturated carbocycles. The molecule has 0 unspecified atom stereocenters. The summed E-state index contributed by atoms with van der Waals surface area (Å²) < 4.78 is 21.6. The highest BCUT2D eigenvalue weighted by atomic mass is 19.1. The number of anilines is 1. The van der Waals surface area contributed by atoms with E-state index in [1.807, 2.05) is 19.1 Å². The van der Waals surface area contributed by atoms with Crippen LogP contribution in [0.25, 0.3) is 11.0 Å². The van der Waals surface area contributed by atoms with E-state index in [1.165, 1.54) is 13.2 Å². The van der Waals surface area contributed by atoms with Gasteiger partial charge in [-0.15, -0.1) is 0 Å². The van der Waals surface area contributed by atoms with Gasteiger partial charge in [0.05, 0.1) is 29.7 Å². The first kappa shape index (κ1) is 24.3. The molecular weight excluding hydrogens is 461 g/mol. The molecule has 0 bridgehead atoms. The summed E-state index contributed by atoms with van der Waals surface area (Å²) in [6.07, 6.45) is 5.58. The van der Waals surface area contributed by atoms with Crippen LogP contribution >= 0.6 is 0 Å². The number of hydrogen-bond acceptors (Lipinski definition) is 4. The molecule has 7 nitrogen and oxygen atoms in total. The molecule has 1 fully saturated rings. The fraction of sp³-hybridized carbons (Fsp3) is 0.464. The smallest absolute Gasteiger partial charge is 0.414 e. The summed E-state index contributed by atoms with van der Waals surface area (Å²) in [5.41, 5.74) is 4.48. The molecular formula is C28H32FN3O4. The van der Waals surface area contributed by atoms with E-state index in [0.29, 0.717) is 17.0 Å². The number of carboxylic acid groups (broad SMARTS) is 1. The fourth-order valence-corrected chi connectivity index (χ4v) is 5.89. The lowest BCUT2D eigenvalue weighted by molar-refractivity contribution is -0.138. The van der Waals surface area contributed by atoms with Gasteiger partial charge in [-0.2, -0.15) is 0 Å². The highest BCUT2D eigenvalue weighted by Crippen LogP contribution is 2.40. The Labute approximate surface area is 209 Å². The lowest BCUT2D eigenvalue weighted by atomic mass is 9.94. The van der Waals surface area contributed by atoms with Gasteiger partial charge in [-0.1, -0.05) is 25.0 Å². The number of benzene rings is 2. The SMILES string of the molecule is COC(=O)N1c2ccc3c(nc(C[C@H](C(=O)O)c4ccc(C)c(F)c4)n3C3CCCC3)c2CC[C@@H]1C. The second-order valence-electron chi connectivity index (χ2n) is 10.1. The van der Waals surface area contributed by atoms with Crippen molar-refractivity contribution in [3.63, 3.8) is 0 Å². The summed E-state index contributed by atoms with van der Waals surface area (Å²) >= 11 is 0. The maximum absolute atomic E-state index is 14.3. The Bertz CT molecular complexity index is 1330. The number of amides is 1. The van der Waals surface area contributed by atoms with E-state index in [0.717, 1.165) is 60.8 Å². The molecule has 2 aliphatic rings. The molecule has 2 heterocycles. The van der Waals surface area contributed by atoms with E-state index in [4.69, 9.17) is 9.72 Å². The monoisotopic (exact) mass is 493 g/mol. The van der Waals surface area contributed by atoms with Crippen molar-refractivity contribution in [1.29, 1.82) is 0 Å². The third kappa shape index (κ3) is 4.12. The number of methoxy groups -OCH3 is 1. The van der Waals surface area contributed by atoms with Crippen LogP contribution in [0, 0.1) is 12.7 Å². The van der Waals surface area contributed by atoms with Crippen LogP contribution in [0.2, 0.25) is 0 Å². The fourth-order valence-electron chi connectivity index (χ4n) is 5.89. The highest BCUT2D eigenvalue weighted by molar-refractivity contribution is 5.95. The number of carboxylic acids is 1. The average molecular weight is 494 g/mol. The van der Waals surface area contributed by atoms with Crippen molar-refractivity contribution in [2.24, 2.45) is 0 Å². The second kappa shape index (κ2) is 9.56. The molecule has 3 aromatic rings. The molecule has 1 aliphatic heterocycles. The van der Waals surface area contributed by atoms with Gasteiger partial charge < -0.3 is 14.4 Å². The minimum atomic E-state index is -1.00. The number of halogens is 1. The molecule has 0 saturated heterocycles. The first-order chi connectivity index (χ1) is 17.3. The standard InChI is InChI=1S/C28H32FN3O4/c1-16-8-10-18(14-22(16)29)21(27(33)34)15-25-30-26-20-11-9-17(2)31(28(35)36-3)23(20)12-13-24(26)32(25)19-6-4-5-7-19/h8,10,12-14,17,19,21H,4-7,9,11,15H2,1-3H3,(H,33,34)/t17-,21-/m0/s1. The number of hydrogen-bond donors (Lipinski definition) is 1. The quantitative estimate of drug-likeness (QED) is 0.477. The van der Waals surface area contributed by atoms with E-state index < -0.39 is 23.8 Å². The van der Waals surface area contributed by atoms with Crippen LogP contribution in [-0.2, 0) is 22.4 Å². The molecule has 2 atom stereocenters. The maximum atomic E-state index is 14.3. The summed E-state index contributed by atoms with van der Waals surface area (Å²) in [5, 5.41) is 10.1. The Kier molecular flexibility index (Phi) is 6.45. The Morgan fingerprint density at radius 2 is 1.94 bits per heavy atom. The van der Waals surface area contributed by atoms with Crippen molar-refractivity contribution in [3.05, 3.63) is 58.7 Å². The third-order valence-electron chi connectivity index (χ3n) is 7.87. The van der Waals surface area contributed by atoms with Crippen LogP contribution < -0.4 is 4.90 Å². The summed E-state index contributed by atoms with van der Waals surface area (Å²) in [6, 6.07) is 8.85. The lowest BCUT2D eigenvalue weighted by Crippen LogP contribution is -2.42. The summed E-state index contributed by atoms with van der Waals surface area (Å²) in [5.74, 6) is -1.63. The zero-order chi connectivity index (χ0) is 25.6. The minimum Gasteiger partial charge on any atom is -0.481 e. The topological polar surface area (TPSA) is 84.7 Å². The van der Waals surface area contributed by atoms with Crippen LogP contribution in [0.3, 0.4) is 0 Å². The molecule has 1 aromatic heterocycles.